The molecule has 1 aliphatic heterocycles. The maximum absolute atomic E-state index is 11.9. The van der Waals surface area contributed by atoms with Gasteiger partial charge in [0.1, 0.15) is 0 Å². The number of rotatable bonds is 3. The molecule has 1 aliphatic rings. The average Bonchev–Trinajstić information content (AvgIpc) is 2.35. The Hall–Kier alpha value is -0.220. The molecule has 0 spiro atoms. The summed E-state index contributed by atoms with van der Waals surface area (Å²) in [5, 5.41) is 3.14. The topological polar surface area (TPSA) is 15.3 Å². The molecule has 1 fully saturated rings. The van der Waals surface area contributed by atoms with Crippen molar-refractivity contribution in [1.82, 2.24) is 10.2 Å². The van der Waals surface area contributed by atoms with Crippen molar-refractivity contribution >= 4 is 0 Å². The second-order valence-corrected chi connectivity index (χ2v) is 2.98. The molecular formula is C7H14F2N2. The first kappa shape index (κ1) is 8.87. The van der Waals surface area contributed by atoms with E-state index < -0.39 is 6.43 Å². The first-order chi connectivity index (χ1) is 5.20. The van der Waals surface area contributed by atoms with E-state index in [1.165, 1.54) is 0 Å². The summed E-state index contributed by atoms with van der Waals surface area (Å²) in [6.45, 7) is 1.70. The normalized spacial score (nSPS) is 25.4. The Labute approximate surface area is 65.6 Å². The zero-order valence-electron chi connectivity index (χ0n) is 6.69. The van der Waals surface area contributed by atoms with Gasteiger partial charge in [-0.15, -0.1) is 0 Å². The van der Waals surface area contributed by atoms with Gasteiger partial charge in [-0.25, -0.2) is 8.78 Å². The second kappa shape index (κ2) is 3.97. The number of halogens is 2. The minimum Gasteiger partial charge on any atom is -0.315 e. The van der Waals surface area contributed by atoms with Gasteiger partial charge in [-0.05, 0) is 20.0 Å². The van der Waals surface area contributed by atoms with E-state index in [2.05, 4.69) is 5.32 Å². The fourth-order valence-corrected chi connectivity index (χ4v) is 1.38. The molecule has 0 bridgehead atoms. The molecule has 1 atom stereocenters. The van der Waals surface area contributed by atoms with Crippen LogP contribution >= 0.6 is 0 Å². The van der Waals surface area contributed by atoms with Crippen molar-refractivity contribution in [2.75, 3.05) is 26.7 Å². The molecule has 1 N–H and O–H groups in total. The van der Waals surface area contributed by atoms with E-state index in [4.69, 9.17) is 0 Å². The SMILES string of the molecule is CN(CC(F)F)C1CCNC1. The van der Waals surface area contributed by atoms with Gasteiger partial charge in [-0.3, -0.25) is 4.90 Å². The summed E-state index contributed by atoms with van der Waals surface area (Å²) in [4.78, 5) is 1.73. The molecule has 4 heteroatoms. The molecular weight excluding hydrogens is 150 g/mol. The summed E-state index contributed by atoms with van der Waals surface area (Å²) >= 11 is 0. The van der Waals surface area contributed by atoms with Crippen LogP contribution in [-0.2, 0) is 0 Å². The van der Waals surface area contributed by atoms with Gasteiger partial charge in [0.15, 0.2) is 0 Å². The number of likely N-dealkylation sites (N-methyl/N-ethyl adjacent to an activating group) is 1. The summed E-state index contributed by atoms with van der Waals surface area (Å²) in [6.07, 6.45) is -1.22. The molecule has 0 aliphatic carbocycles. The summed E-state index contributed by atoms with van der Waals surface area (Å²) in [6, 6.07) is 0.309. The molecule has 2 nitrogen and oxygen atoms in total. The van der Waals surface area contributed by atoms with Crippen LogP contribution in [-0.4, -0.2) is 44.0 Å². The van der Waals surface area contributed by atoms with Gasteiger partial charge in [0.25, 0.3) is 6.43 Å². The van der Waals surface area contributed by atoms with Crippen LogP contribution in [0.15, 0.2) is 0 Å². The fourth-order valence-electron chi connectivity index (χ4n) is 1.38. The van der Waals surface area contributed by atoms with Crippen LogP contribution in [0.3, 0.4) is 0 Å². The van der Waals surface area contributed by atoms with Crippen LogP contribution in [0.2, 0.25) is 0 Å². The maximum atomic E-state index is 11.9. The Morgan fingerprint density at radius 2 is 2.36 bits per heavy atom. The quantitative estimate of drug-likeness (QED) is 0.655. The molecule has 1 heterocycles. The van der Waals surface area contributed by atoms with Gasteiger partial charge >= 0.3 is 0 Å². The predicted octanol–water partition coefficient (Wildman–Crippen LogP) is 0.545. The third-order valence-corrected chi connectivity index (χ3v) is 2.08. The minimum absolute atomic E-state index is 0.105. The van der Waals surface area contributed by atoms with Crippen LogP contribution in [0.4, 0.5) is 8.78 Å². The number of hydrogen-bond acceptors (Lipinski definition) is 2. The zero-order valence-corrected chi connectivity index (χ0v) is 6.69. The number of alkyl halides is 2. The number of hydrogen-bond donors (Lipinski definition) is 1. The Bertz CT molecular complexity index is 113. The van der Waals surface area contributed by atoms with Crippen molar-refractivity contribution in [3.8, 4) is 0 Å². The summed E-state index contributed by atoms with van der Waals surface area (Å²) in [7, 11) is 1.75. The van der Waals surface area contributed by atoms with Crippen molar-refractivity contribution in [3.05, 3.63) is 0 Å². The van der Waals surface area contributed by atoms with Gasteiger partial charge in [0.05, 0.1) is 6.54 Å². The van der Waals surface area contributed by atoms with Crippen molar-refractivity contribution in [1.29, 1.82) is 0 Å². The standard InChI is InChI=1S/C7H14F2N2/c1-11(5-7(8)9)6-2-3-10-4-6/h6-7,10H,2-5H2,1H3. The van der Waals surface area contributed by atoms with Crippen molar-refractivity contribution < 1.29 is 8.78 Å². The molecule has 66 valence electrons. The molecule has 0 saturated carbocycles. The van der Waals surface area contributed by atoms with E-state index in [9.17, 15) is 8.78 Å². The van der Waals surface area contributed by atoms with E-state index in [0.717, 1.165) is 19.5 Å². The summed E-state index contributed by atoms with van der Waals surface area (Å²) < 4.78 is 23.8. The maximum Gasteiger partial charge on any atom is 0.251 e. The van der Waals surface area contributed by atoms with E-state index in [0.29, 0.717) is 6.04 Å². The van der Waals surface area contributed by atoms with Crippen molar-refractivity contribution in [2.24, 2.45) is 0 Å². The third-order valence-electron chi connectivity index (χ3n) is 2.08. The smallest absolute Gasteiger partial charge is 0.251 e. The van der Waals surface area contributed by atoms with E-state index in [1.807, 2.05) is 0 Å². The first-order valence-corrected chi connectivity index (χ1v) is 3.89. The van der Waals surface area contributed by atoms with Crippen molar-refractivity contribution in [2.45, 2.75) is 18.9 Å². The highest BCUT2D eigenvalue weighted by Gasteiger charge is 2.20. The second-order valence-electron chi connectivity index (χ2n) is 2.98. The molecule has 1 rings (SSSR count). The Morgan fingerprint density at radius 3 is 2.82 bits per heavy atom. The molecule has 0 amide bonds. The highest BCUT2D eigenvalue weighted by atomic mass is 19.3. The molecule has 0 aromatic heterocycles. The number of nitrogens with zero attached hydrogens (tertiary/aromatic N) is 1. The fraction of sp³-hybridized carbons (Fsp3) is 1.00. The Balaban J connectivity index is 2.22. The monoisotopic (exact) mass is 164 g/mol. The lowest BCUT2D eigenvalue weighted by atomic mass is 10.2. The van der Waals surface area contributed by atoms with Crippen LogP contribution in [0.25, 0.3) is 0 Å². The van der Waals surface area contributed by atoms with Gasteiger partial charge in [-0.1, -0.05) is 0 Å². The highest BCUT2D eigenvalue weighted by Crippen LogP contribution is 2.07. The minimum atomic E-state index is -2.21. The molecule has 0 radical (unpaired) electrons. The lowest BCUT2D eigenvalue weighted by Gasteiger charge is -2.22. The zero-order chi connectivity index (χ0) is 8.27. The predicted molar refractivity (Wildman–Crippen MR) is 39.9 cm³/mol. The lowest BCUT2D eigenvalue weighted by molar-refractivity contribution is 0.0845. The van der Waals surface area contributed by atoms with Crippen molar-refractivity contribution in [3.63, 3.8) is 0 Å². The van der Waals surface area contributed by atoms with Crippen LogP contribution < -0.4 is 5.32 Å². The highest BCUT2D eigenvalue weighted by molar-refractivity contribution is 4.78. The van der Waals surface area contributed by atoms with E-state index in [1.54, 1.807) is 11.9 Å². The number of nitrogens with one attached hydrogen (secondary N) is 1. The van der Waals surface area contributed by atoms with Crippen LogP contribution in [0.5, 0.6) is 0 Å². The van der Waals surface area contributed by atoms with E-state index >= 15 is 0 Å². The Kier molecular flexibility index (Phi) is 3.20. The molecule has 11 heavy (non-hydrogen) atoms. The van der Waals surface area contributed by atoms with Gasteiger partial charge in [0, 0.05) is 12.6 Å². The largest absolute Gasteiger partial charge is 0.315 e. The van der Waals surface area contributed by atoms with Gasteiger partial charge in [0.2, 0.25) is 0 Å². The van der Waals surface area contributed by atoms with Gasteiger partial charge < -0.3 is 5.32 Å². The summed E-state index contributed by atoms with van der Waals surface area (Å²) in [5.41, 5.74) is 0. The summed E-state index contributed by atoms with van der Waals surface area (Å²) in [5.74, 6) is 0. The van der Waals surface area contributed by atoms with Crippen LogP contribution in [0.1, 0.15) is 6.42 Å². The van der Waals surface area contributed by atoms with Crippen LogP contribution in [0, 0.1) is 0 Å². The third kappa shape index (κ3) is 2.71. The molecule has 1 saturated heterocycles. The van der Waals surface area contributed by atoms with Gasteiger partial charge in [-0.2, -0.15) is 0 Å². The lowest BCUT2D eigenvalue weighted by Crippen LogP contribution is -2.36. The molecule has 0 aromatic rings. The van der Waals surface area contributed by atoms with E-state index in [-0.39, 0.29) is 6.54 Å². The average molecular weight is 164 g/mol. The first-order valence-electron chi connectivity index (χ1n) is 3.89. The molecule has 0 aromatic carbocycles. The Morgan fingerprint density at radius 1 is 1.64 bits per heavy atom. The molecule has 1 unspecified atom stereocenters.